The van der Waals surface area contributed by atoms with Crippen LogP contribution in [0.1, 0.15) is 17.7 Å². The Morgan fingerprint density at radius 3 is 2.89 bits per heavy atom. The lowest BCUT2D eigenvalue weighted by Crippen LogP contribution is -2.26. The molecule has 1 heterocycles. The highest BCUT2D eigenvalue weighted by Gasteiger charge is 2.01. The minimum atomic E-state index is -3.10. The van der Waals surface area contributed by atoms with Crippen LogP contribution >= 0.6 is 0 Å². The van der Waals surface area contributed by atoms with E-state index >= 15 is 0 Å². The molecular formula is C11H16N4O2S. The second kappa shape index (κ2) is 7.06. The van der Waals surface area contributed by atoms with Crippen molar-refractivity contribution >= 4 is 10.0 Å². The maximum absolute atomic E-state index is 10.8. The van der Waals surface area contributed by atoms with Gasteiger partial charge in [-0.2, -0.15) is 5.26 Å². The van der Waals surface area contributed by atoms with Crippen LogP contribution in [0.2, 0.25) is 0 Å². The van der Waals surface area contributed by atoms with Crippen molar-refractivity contribution in [1.82, 2.24) is 15.0 Å². The summed E-state index contributed by atoms with van der Waals surface area (Å²) in [6.45, 7) is 1.63. The maximum Gasteiger partial charge on any atom is 0.208 e. The fourth-order valence-corrected chi connectivity index (χ4v) is 1.89. The number of nitrogens with one attached hydrogen (secondary N) is 2. The normalized spacial score (nSPS) is 11.1. The largest absolute Gasteiger partial charge is 0.313 e. The molecule has 0 aromatic carbocycles. The van der Waals surface area contributed by atoms with Gasteiger partial charge in [0.05, 0.1) is 6.26 Å². The molecular weight excluding hydrogens is 252 g/mol. The first-order valence-corrected chi connectivity index (χ1v) is 7.41. The van der Waals surface area contributed by atoms with Crippen molar-refractivity contribution in [2.45, 2.75) is 13.0 Å². The van der Waals surface area contributed by atoms with Crippen LogP contribution in [0.4, 0.5) is 0 Å². The minimum absolute atomic E-state index is 0.407. The van der Waals surface area contributed by atoms with Crippen molar-refractivity contribution in [3.8, 4) is 6.07 Å². The lowest BCUT2D eigenvalue weighted by Gasteiger charge is -2.06. The molecule has 0 amide bonds. The van der Waals surface area contributed by atoms with E-state index in [-0.39, 0.29) is 0 Å². The highest BCUT2D eigenvalue weighted by atomic mass is 32.2. The second-order valence-corrected chi connectivity index (χ2v) is 5.65. The van der Waals surface area contributed by atoms with Crippen molar-refractivity contribution in [2.24, 2.45) is 0 Å². The molecule has 1 aromatic heterocycles. The monoisotopic (exact) mass is 268 g/mol. The number of hydrogen-bond donors (Lipinski definition) is 2. The third kappa shape index (κ3) is 5.72. The van der Waals surface area contributed by atoms with E-state index in [0.29, 0.717) is 31.7 Å². The first-order chi connectivity index (χ1) is 8.53. The molecule has 0 aliphatic heterocycles. The zero-order valence-electron chi connectivity index (χ0n) is 10.2. The van der Waals surface area contributed by atoms with E-state index < -0.39 is 10.0 Å². The fraction of sp³-hybridized carbons (Fsp3) is 0.455. The van der Waals surface area contributed by atoms with Crippen LogP contribution in [-0.2, 0) is 16.6 Å². The number of sulfonamides is 1. The van der Waals surface area contributed by atoms with Gasteiger partial charge < -0.3 is 5.32 Å². The van der Waals surface area contributed by atoms with Crippen LogP contribution in [0, 0.1) is 11.3 Å². The molecule has 0 fully saturated rings. The third-order valence-electron chi connectivity index (χ3n) is 2.21. The van der Waals surface area contributed by atoms with Crippen LogP contribution in [0.25, 0.3) is 0 Å². The standard InChI is InChI=1S/C11H16N4O2S/c1-18(16,17)15-7-3-5-13-9-10-4-2-6-14-11(10)8-12/h2,4,6,13,15H,3,5,7,9H2,1H3. The van der Waals surface area contributed by atoms with Crippen LogP contribution in [0.15, 0.2) is 18.3 Å². The first-order valence-electron chi connectivity index (χ1n) is 5.52. The van der Waals surface area contributed by atoms with Gasteiger partial charge in [-0.15, -0.1) is 0 Å². The zero-order chi connectivity index (χ0) is 13.4. The van der Waals surface area contributed by atoms with Gasteiger partial charge in [-0.05, 0) is 19.0 Å². The zero-order valence-corrected chi connectivity index (χ0v) is 11.0. The molecule has 0 unspecified atom stereocenters. The van der Waals surface area contributed by atoms with Crippen LogP contribution < -0.4 is 10.0 Å². The van der Waals surface area contributed by atoms with Gasteiger partial charge in [-0.25, -0.2) is 18.1 Å². The molecule has 0 saturated carbocycles. The van der Waals surface area contributed by atoms with Gasteiger partial charge >= 0.3 is 0 Å². The number of pyridine rings is 1. The molecule has 0 spiro atoms. The van der Waals surface area contributed by atoms with Crippen molar-refractivity contribution in [3.63, 3.8) is 0 Å². The van der Waals surface area contributed by atoms with Gasteiger partial charge in [0.1, 0.15) is 11.8 Å². The molecule has 0 aliphatic rings. The molecule has 0 atom stereocenters. The first kappa shape index (κ1) is 14.6. The van der Waals surface area contributed by atoms with Crippen molar-refractivity contribution < 1.29 is 8.42 Å². The molecule has 6 nitrogen and oxygen atoms in total. The maximum atomic E-state index is 10.8. The predicted octanol–water partition coefficient (Wildman–Crippen LogP) is -0.0178. The Kier molecular flexibility index (Phi) is 5.71. The summed E-state index contributed by atoms with van der Waals surface area (Å²) in [6, 6.07) is 5.65. The molecule has 1 aromatic rings. The topological polar surface area (TPSA) is 94.9 Å². The van der Waals surface area contributed by atoms with Gasteiger partial charge in [-0.1, -0.05) is 6.07 Å². The molecule has 0 radical (unpaired) electrons. The highest BCUT2D eigenvalue weighted by Crippen LogP contribution is 2.02. The Balaban J connectivity index is 2.24. The van der Waals surface area contributed by atoms with Gasteiger partial charge in [0, 0.05) is 24.8 Å². The van der Waals surface area contributed by atoms with E-state index in [1.54, 1.807) is 12.3 Å². The molecule has 0 bridgehead atoms. The van der Waals surface area contributed by atoms with Crippen LogP contribution in [-0.4, -0.2) is 32.7 Å². The molecule has 0 aliphatic carbocycles. The molecule has 0 saturated heterocycles. The summed E-state index contributed by atoms with van der Waals surface area (Å²) >= 11 is 0. The Morgan fingerprint density at radius 1 is 1.44 bits per heavy atom. The van der Waals surface area contributed by atoms with Crippen LogP contribution in [0.5, 0.6) is 0 Å². The Bertz CT molecular complexity index is 522. The SMILES string of the molecule is CS(=O)(=O)NCCCNCc1cccnc1C#N. The van der Waals surface area contributed by atoms with E-state index in [0.717, 1.165) is 11.8 Å². The Labute approximate surface area is 107 Å². The molecule has 98 valence electrons. The average Bonchev–Trinajstić information content (AvgIpc) is 2.32. The number of nitrogens with zero attached hydrogens (tertiary/aromatic N) is 2. The van der Waals surface area contributed by atoms with E-state index in [9.17, 15) is 8.42 Å². The summed E-state index contributed by atoms with van der Waals surface area (Å²) in [7, 11) is -3.10. The van der Waals surface area contributed by atoms with Crippen molar-refractivity contribution in [2.75, 3.05) is 19.3 Å². The fourth-order valence-electron chi connectivity index (χ4n) is 1.38. The summed E-state index contributed by atoms with van der Waals surface area (Å²) < 4.78 is 24.0. The van der Waals surface area contributed by atoms with E-state index in [1.807, 2.05) is 12.1 Å². The minimum Gasteiger partial charge on any atom is -0.313 e. The molecule has 2 N–H and O–H groups in total. The van der Waals surface area contributed by atoms with E-state index in [2.05, 4.69) is 15.0 Å². The quantitative estimate of drug-likeness (QED) is 0.678. The van der Waals surface area contributed by atoms with Gasteiger partial charge in [0.15, 0.2) is 0 Å². The third-order valence-corrected chi connectivity index (χ3v) is 2.94. The average molecular weight is 268 g/mol. The van der Waals surface area contributed by atoms with E-state index in [1.165, 1.54) is 0 Å². The summed E-state index contributed by atoms with van der Waals surface area (Å²) in [5.74, 6) is 0. The Morgan fingerprint density at radius 2 is 2.22 bits per heavy atom. The summed E-state index contributed by atoms with van der Waals surface area (Å²) in [5, 5.41) is 12.0. The summed E-state index contributed by atoms with van der Waals surface area (Å²) in [4.78, 5) is 3.95. The number of hydrogen-bond acceptors (Lipinski definition) is 5. The highest BCUT2D eigenvalue weighted by molar-refractivity contribution is 7.88. The second-order valence-electron chi connectivity index (χ2n) is 3.82. The van der Waals surface area contributed by atoms with Crippen molar-refractivity contribution in [3.05, 3.63) is 29.6 Å². The number of nitriles is 1. The summed E-state index contributed by atoms with van der Waals surface area (Å²) in [6.07, 6.45) is 3.41. The molecule has 18 heavy (non-hydrogen) atoms. The van der Waals surface area contributed by atoms with Crippen molar-refractivity contribution in [1.29, 1.82) is 5.26 Å². The van der Waals surface area contributed by atoms with Crippen LogP contribution in [0.3, 0.4) is 0 Å². The van der Waals surface area contributed by atoms with Gasteiger partial charge in [-0.3, -0.25) is 0 Å². The van der Waals surface area contributed by atoms with Gasteiger partial charge in [0.2, 0.25) is 10.0 Å². The number of aromatic nitrogens is 1. The number of rotatable bonds is 7. The van der Waals surface area contributed by atoms with E-state index in [4.69, 9.17) is 5.26 Å². The lowest BCUT2D eigenvalue weighted by molar-refractivity contribution is 0.579. The predicted molar refractivity (Wildman–Crippen MR) is 68.1 cm³/mol. The molecule has 1 rings (SSSR count). The van der Waals surface area contributed by atoms with Gasteiger partial charge in [0.25, 0.3) is 0 Å². The summed E-state index contributed by atoms with van der Waals surface area (Å²) in [5.41, 5.74) is 1.26. The molecule has 7 heteroatoms. The lowest BCUT2D eigenvalue weighted by atomic mass is 10.2. The Hall–Kier alpha value is -1.49. The smallest absolute Gasteiger partial charge is 0.208 e.